The third-order valence-corrected chi connectivity index (χ3v) is 4.40. The van der Waals surface area contributed by atoms with Gasteiger partial charge in [0, 0.05) is 13.1 Å². The molecule has 1 fully saturated rings. The van der Waals surface area contributed by atoms with E-state index in [2.05, 4.69) is 4.74 Å². The number of carbonyl (C=O) groups is 2. The molecule has 2 rings (SSSR count). The molecule has 1 aromatic rings. The van der Waals surface area contributed by atoms with Crippen molar-refractivity contribution in [3.8, 4) is 5.75 Å². The lowest BCUT2D eigenvalue weighted by Gasteiger charge is -2.36. The molecule has 1 saturated heterocycles. The fourth-order valence-corrected chi connectivity index (χ4v) is 2.96. The van der Waals surface area contributed by atoms with E-state index in [9.17, 15) is 22.8 Å². The van der Waals surface area contributed by atoms with Gasteiger partial charge in [0.1, 0.15) is 5.75 Å². The zero-order valence-corrected chi connectivity index (χ0v) is 14.0. The molecular weight excluding hydrogens is 339 g/mol. The number of rotatable bonds is 4. The number of alkyl halides is 3. The van der Waals surface area contributed by atoms with Crippen LogP contribution in [0, 0.1) is 5.92 Å². The highest BCUT2D eigenvalue weighted by Gasteiger charge is 2.37. The Balaban J connectivity index is 2.14. The third kappa shape index (κ3) is 4.64. The second-order valence-corrected chi connectivity index (χ2v) is 6.63. The van der Waals surface area contributed by atoms with Crippen molar-refractivity contribution in [2.45, 2.75) is 38.5 Å². The number of carboxylic acid groups (broad SMARTS) is 1. The standard InChI is InChI=1S/C17H20F3NO4/c1-16(2,12-5-7-13(8-6-12)25-17(18,19)20)15(24)21-9-3-4-11(10-21)14(22)23/h5-8,11H,3-4,9-10H2,1-2H3,(H,22,23). The molecule has 0 bridgehead atoms. The largest absolute Gasteiger partial charge is 0.573 e. The minimum atomic E-state index is -4.77. The number of aliphatic carboxylic acids is 1. The fraction of sp³-hybridized carbons (Fsp3) is 0.529. The van der Waals surface area contributed by atoms with Crippen LogP contribution in [-0.4, -0.2) is 41.3 Å². The number of ether oxygens (including phenoxy) is 1. The van der Waals surface area contributed by atoms with E-state index in [1.807, 2.05) is 0 Å². The summed E-state index contributed by atoms with van der Waals surface area (Å²) in [6.07, 6.45) is -3.63. The van der Waals surface area contributed by atoms with Gasteiger partial charge in [-0.1, -0.05) is 12.1 Å². The maximum atomic E-state index is 12.8. The van der Waals surface area contributed by atoms with Gasteiger partial charge in [-0.15, -0.1) is 13.2 Å². The molecule has 1 heterocycles. The van der Waals surface area contributed by atoms with E-state index in [0.29, 0.717) is 24.9 Å². The summed E-state index contributed by atoms with van der Waals surface area (Å²) in [5.41, 5.74) is -0.457. The van der Waals surface area contributed by atoms with Crippen LogP contribution in [0.4, 0.5) is 13.2 Å². The zero-order valence-electron chi connectivity index (χ0n) is 14.0. The molecule has 1 N–H and O–H groups in total. The second kappa shape index (κ2) is 6.93. The number of carbonyl (C=O) groups excluding carboxylic acids is 1. The first-order chi connectivity index (χ1) is 11.5. The van der Waals surface area contributed by atoms with E-state index in [0.717, 1.165) is 12.1 Å². The monoisotopic (exact) mass is 359 g/mol. The first-order valence-electron chi connectivity index (χ1n) is 7.89. The van der Waals surface area contributed by atoms with Gasteiger partial charge < -0.3 is 14.7 Å². The van der Waals surface area contributed by atoms with E-state index >= 15 is 0 Å². The predicted octanol–water partition coefficient (Wildman–Crippen LogP) is 3.19. The molecule has 1 unspecified atom stereocenters. The number of nitrogens with zero attached hydrogens (tertiary/aromatic N) is 1. The van der Waals surface area contributed by atoms with Crippen molar-refractivity contribution in [2.75, 3.05) is 13.1 Å². The first-order valence-corrected chi connectivity index (χ1v) is 7.89. The van der Waals surface area contributed by atoms with Crippen LogP contribution in [0.5, 0.6) is 5.75 Å². The summed E-state index contributed by atoms with van der Waals surface area (Å²) in [7, 11) is 0. The number of amides is 1. The van der Waals surface area contributed by atoms with Crippen LogP contribution in [0.3, 0.4) is 0 Å². The van der Waals surface area contributed by atoms with E-state index in [-0.39, 0.29) is 18.2 Å². The summed E-state index contributed by atoms with van der Waals surface area (Å²) in [5.74, 6) is -2.12. The highest BCUT2D eigenvalue weighted by atomic mass is 19.4. The normalized spacial score (nSPS) is 18.8. The van der Waals surface area contributed by atoms with E-state index in [1.54, 1.807) is 13.8 Å². The lowest BCUT2D eigenvalue weighted by molar-refractivity contribution is -0.274. The minimum absolute atomic E-state index is 0.146. The Morgan fingerprint density at radius 1 is 1.20 bits per heavy atom. The Kier molecular flexibility index (Phi) is 5.29. The summed E-state index contributed by atoms with van der Waals surface area (Å²) in [4.78, 5) is 25.5. The van der Waals surface area contributed by atoms with E-state index in [1.165, 1.54) is 17.0 Å². The lowest BCUT2D eigenvalue weighted by atomic mass is 9.82. The van der Waals surface area contributed by atoms with Crippen LogP contribution >= 0.6 is 0 Å². The average Bonchev–Trinajstić information content (AvgIpc) is 2.53. The molecule has 0 saturated carbocycles. The van der Waals surface area contributed by atoms with Crippen molar-refractivity contribution in [3.63, 3.8) is 0 Å². The summed E-state index contributed by atoms with van der Waals surface area (Å²) in [6, 6.07) is 5.15. The van der Waals surface area contributed by atoms with E-state index in [4.69, 9.17) is 5.11 Å². The molecule has 0 aromatic heterocycles. The van der Waals surface area contributed by atoms with Gasteiger partial charge >= 0.3 is 12.3 Å². The maximum absolute atomic E-state index is 12.8. The molecule has 1 amide bonds. The Morgan fingerprint density at radius 2 is 1.80 bits per heavy atom. The van der Waals surface area contributed by atoms with Crippen molar-refractivity contribution in [2.24, 2.45) is 5.92 Å². The molecule has 1 aliphatic heterocycles. The third-order valence-electron chi connectivity index (χ3n) is 4.40. The molecule has 1 aromatic carbocycles. The lowest BCUT2D eigenvalue weighted by Crippen LogP contribution is -2.49. The van der Waals surface area contributed by atoms with Crippen LogP contribution in [0.15, 0.2) is 24.3 Å². The fourth-order valence-electron chi connectivity index (χ4n) is 2.96. The minimum Gasteiger partial charge on any atom is -0.481 e. The second-order valence-electron chi connectivity index (χ2n) is 6.63. The van der Waals surface area contributed by atoms with Gasteiger partial charge in [0.2, 0.25) is 5.91 Å². The Morgan fingerprint density at radius 3 is 2.32 bits per heavy atom. The van der Waals surface area contributed by atoms with Gasteiger partial charge in [0.25, 0.3) is 0 Å². The van der Waals surface area contributed by atoms with Gasteiger partial charge in [0.05, 0.1) is 11.3 Å². The van der Waals surface area contributed by atoms with Crippen LogP contribution in [-0.2, 0) is 15.0 Å². The van der Waals surface area contributed by atoms with Gasteiger partial charge in [-0.2, -0.15) is 0 Å². The number of carboxylic acids is 1. The molecule has 0 spiro atoms. The molecule has 8 heteroatoms. The van der Waals surface area contributed by atoms with Crippen molar-refractivity contribution >= 4 is 11.9 Å². The Hall–Kier alpha value is -2.25. The molecule has 1 atom stereocenters. The summed E-state index contributed by atoms with van der Waals surface area (Å²) < 4.78 is 40.5. The molecule has 138 valence electrons. The maximum Gasteiger partial charge on any atom is 0.573 e. The van der Waals surface area contributed by atoms with Gasteiger partial charge in [-0.05, 0) is 44.4 Å². The molecule has 1 aliphatic rings. The predicted molar refractivity (Wildman–Crippen MR) is 83.1 cm³/mol. The topological polar surface area (TPSA) is 66.8 Å². The van der Waals surface area contributed by atoms with Gasteiger partial charge in [-0.25, -0.2) is 0 Å². The summed E-state index contributed by atoms with van der Waals surface area (Å²) in [6.45, 7) is 3.95. The molecular formula is C17H20F3NO4. The van der Waals surface area contributed by atoms with Crippen LogP contribution in [0.1, 0.15) is 32.3 Å². The highest BCUT2D eigenvalue weighted by molar-refractivity contribution is 5.88. The summed E-state index contributed by atoms with van der Waals surface area (Å²) >= 11 is 0. The first kappa shape index (κ1) is 19.1. The summed E-state index contributed by atoms with van der Waals surface area (Å²) in [5, 5.41) is 9.14. The number of hydrogen-bond donors (Lipinski definition) is 1. The Labute approximate surface area is 143 Å². The molecule has 25 heavy (non-hydrogen) atoms. The van der Waals surface area contributed by atoms with Crippen molar-refractivity contribution in [1.29, 1.82) is 0 Å². The van der Waals surface area contributed by atoms with Crippen molar-refractivity contribution in [1.82, 2.24) is 4.90 Å². The average molecular weight is 359 g/mol. The smallest absolute Gasteiger partial charge is 0.481 e. The van der Waals surface area contributed by atoms with Crippen LogP contribution < -0.4 is 4.74 Å². The van der Waals surface area contributed by atoms with Gasteiger partial charge in [0.15, 0.2) is 0 Å². The Bertz CT molecular complexity index is 640. The van der Waals surface area contributed by atoms with Crippen LogP contribution in [0.2, 0.25) is 0 Å². The van der Waals surface area contributed by atoms with Crippen molar-refractivity contribution < 1.29 is 32.6 Å². The number of likely N-dealkylation sites (tertiary alicyclic amines) is 1. The molecule has 5 nitrogen and oxygen atoms in total. The SMILES string of the molecule is CC(C)(C(=O)N1CCCC(C(=O)O)C1)c1ccc(OC(F)(F)F)cc1. The van der Waals surface area contributed by atoms with Crippen molar-refractivity contribution in [3.05, 3.63) is 29.8 Å². The highest BCUT2D eigenvalue weighted by Crippen LogP contribution is 2.31. The molecule has 0 radical (unpaired) electrons. The number of halogens is 3. The number of hydrogen-bond acceptors (Lipinski definition) is 3. The number of piperidine rings is 1. The quantitative estimate of drug-likeness (QED) is 0.897. The zero-order chi connectivity index (χ0) is 18.8. The van der Waals surface area contributed by atoms with E-state index < -0.39 is 23.7 Å². The molecule has 0 aliphatic carbocycles. The number of benzene rings is 1. The van der Waals surface area contributed by atoms with Gasteiger partial charge in [-0.3, -0.25) is 9.59 Å². The van der Waals surface area contributed by atoms with Crippen LogP contribution in [0.25, 0.3) is 0 Å².